The molecule has 0 N–H and O–H groups in total. The topological polar surface area (TPSA) is 82.1 Å². The monoisotopic (exact) mass is 762 g/mol. The normalized spacial score (nSPS) is 17.7. The second kappa shape index (κ2) is 35.5. The molecule has 0 aromatic rings. The predicted octanol–water partition coefficient (Wildman–Crippen LogP) is 12.9. The number of unbranched alkanes of at least 4 members (excludes halogenated alkanes) is 19. The molecular formula is C47H87NO6. The zero-order valence-electron chi connectivity index (χ0n) is 36.2. The highest BCUT2D eigenvalue weighted by atomic mass is 16.6. The van der Waals surface area contributed by atoms with Crippen LogP contribution in [0.2, 0.25) is 0 Å². The first-order chi connectivity index (χ1) is 26.3. The van der Waals surface area contributed by atoms with Gasteiger partial charge in [0, 0.05) is 31.6 Å². The summed E-state index contributed by atoms with van der Waals surface area (Å²) in [6, 6.07) is 0. The minimum atomic E-state index is -0.206. The van der Waals surface area contributed by atoms with Crippen LogP contribution in [-0.2, 0) is 28.6 Å². The number of hydrogen-bond donors (Lipinski definition) is 0. The highest BCUT2D eigenvalue weighted by Crippen LogP contribution is 2.39. The molecule has 0 aliphatic heterocycles. The summed E-state index contributed by atoms with van der Waals surface area (Å²) in [4.78, 5) is 40.5. The van der Waals surface area contributed by atoms with Crippen LogP contribution in [-0.4, -0.2) is 62.3 Å². The number of nitrogens with zero attached hydrogens (tertiary/aromatic N) is 1. The Balaban J connectivity index is 2.46. The lowest BCUT2D eigenvalue weighted by Crippen LogP contribution is -2.27. The molecule has 1 aliphatic carbocycles. The molecule has 7 nitrogen and oxygen atoms in total. The van der Waals surface area contributed by atoms with Gasteiger partial charge in [-0.25, -0.2) is 0 Å². The molecule has 316 valence electrons. The van der Waals surface area contributed by atoms with Gasteiger partial charge in [-0.1, -0.05) is 155 Å². The molecule has 0 radical (unpaired) electrons. The molecule has 0 aromatic carbocycles. The molecule has 0 amide bonds. The van der Waals surface area contributed by atoms with Gasteiger partial charge in [-0.2, -0.15) is 0 Å². The fraction of sp³-hybridized carbons (Fsp3) is 0.894. The molecule has 0 saturated heterocycles. The van der Waals surface area contributed by atoms with Crippen molar-refractivity contribution in [3.05, 3.63) is 12.2 Å². The average Bonchev–Trinajstić information content (AvgIpc) is 3.50. The van der Waals surface area contributed by atoms with Crippen molar-refractivity contribution in [2.24, 2.45) is 11.8 Å². The van der Waals surface area contributed by atoms with E-state index in [2.05, 4.69) is 37.8 Å². The van der Waals surface area contributed by atoms with E-state index in [-0.39, 0.29) is 48.6 Å². The van der Waals surface area contributed by atoms with Crippen LogP contribution in [0.1, 0.15) is 220 Å². The first-order valence-corrected chi connectivity index (χ1v) is 23.1. The molecule has 1 saturated carbocycles. The van der Waals surface area contributed by atoms with Crippen molar-refractivity contribution < 1.29 is 28.6 Å². The Hall–Kier alpha value is -1.89. The van der Waals surface area contributed by atoms with E-state index < -0.39 is 0 Å². The van der Waals surface area contributed by atoms with Gasteiger partial charge in [0.05, 0.1) is 6.61 Å². The Morgan fingerprint density at radius 1 is 0.611 bits per heavy atom. The van der Waals surface area contributed by atoms with Gasteiger partial charge in [0.2, 0.25) is 0 Å². The molecule has 54 heavy (non-hydrogen) atoms. The summed E-state index contributed by atoms with van der Waals surface area (Å²) in [6.45, 7) is 7.72. The van der Waals surface area contributed by atoms with Crippen molar-refractivity contribution >= 4 is 17.9 Å². The molecule has 1 aliphatic rings. The van der Waals surface area contributed by atoms with E-state index in [1.807, 2.05) is 14.1 Å². The molecular weight excluding hydrogens is 675 g/mol. The van der Waals surface area contributed by atoms with E-state index >= 15 is 0 Å². The van der Waals surface area contributed by atoms with E-state index in [9.17, 15) is 14.4 Å². The standard InChI is InChI=1S/C47H87NO6/c1-6-9-12-14-15-16-17-18-19-20-21-22-23-24-26-28-31-42(53-45(49)33-29-25-13-10-7-2)37-39-52-47(51)40-41-35-36-44(43(41)32-27-11-8-3)54-46(50)34-30-38-48(4)5/h11,27,41-44H,6-10,12-26,28-40H2,1-5H3/b27-11-. The maximum absolute atomic E-state index is 13.1. The highest BCUT2D eigenvalue weighted by molar-refractivity contribution is 5.71. The number of ether oxygens (including phenoxy) is 3. The molecule has 1 fully saturated rings. The largest absolute Gasteiger partial charge is 0.466 e. The fourth-order valence-electron chi connectivity index (χ4n) is 7.92. The molecule has 0 aromatic heterocycles. The van der Waals surface area contributed by atoms with Gasteiger partial charge in [0.25, 0.3) is 0 Å². The molecule has 1 rings (SSSR count). The second-order valence-electron chi connectivity index (χ2n) is 16.6. The summed E-state index contributed by atoms with van der Waals surface area (Å²) >= 11 is 0. The Morgan fingerprint density at radius 2 is 1.15 bits per heavy atom. The van der Waals surface area contributed by atoms with E-state index in [0.717, 1.165) is 70.8 Å². The van der Waals surface area contributed by atoms with Crippen LogP contribution >= 0.6 is 0 Å². The molecule has 7 heteroatoms. The number of carbonyl (C=O) groups excluding carboxylic acids is 3. The zero-order valence-corrected chi connectivity index (χ0v) is 36.2. The molecule has 0 heterocycles. The number of hydrogen-bond acceptors (Lipinski definition) is 7. The minimum absolute atomic E-state index is 0.115. The summed E-state index contributed by atoms with van der Waals surface area (Å²) in [7, 11) is 4.01. The third-order valence-corrected chi connectivity index (χ3v) is 11.3. The summed E-state index contributed by atoms with van der Waals surface area (Å²) in [5, 5.41) is 0. The minimum Gasteiger partial charge on any atom is -0.466 e. The van der Waals surface area contributed by atoms with Crippen LogP contribution in [0.3, 0.4) is 0 Å². The predicted molar refractivity (Wildman–Crippen MR) is 226 cm³/mol. The number of rotatable bonds is 37. The van der Waals surface area contributed by atoms with Gasteiger partial charge >= 0.3 is 17.9 Å². The lowest BCUT2D eigenvalue weighted by molar-refractivity contribution is -0.152. The highest BCUT2D eigenvalue weighted by Gasteiger charge is 2.39. The average molecular weight is 762 g/mol. The first-order valence-electron chi connectivity index (χ1n) is 23.1. The summed E-state index contributed by atoms with van der Waals surface area (Å²) in [6.07, 6.45) is 37.6. The van der Waals surface area contributed by atoms with Crippen molar-refractivity contribution in [1.29, 1.82) is 0 Å². The molecule has 4 atom stereocenters. The third kappa shape index (κ3) is 28.5. The zero-order chi connectivity index (χ0) is 39.5. The van der Waals surface area contributed by atoms with Gasteiger partial charge in [-0.05, 0) is 77.9 Å². The van der Waals surface area contributed by atoms with Gasteiger partial charge < -0.3 is 19.1 Å². The van der Waals surface area contributed by atoms with Crippen molar-refractivity contribution in [3.8, 4) is 0 Å². The first kappa shape index (κ1) is 50.1. The van der Waals surface area contributed by atoms with Crippen molar-refractivity contribution in [3.63, 3.8) is 0 Å². The van der Waals surface area contributed by atoms with Crippen LogP contribution in [0, 0.1) is 11.8 Å². The molecule has 4 unspecified atom stereocenters. The Bertz CT molecular complexity index is 935. The Kier molecular flexibility index (Phi) is 33.0. The van der Waals surface area contributed by atoms with Crippen LogP contribution in [0.5, 0.6) is 0 Å². The van der Waals surface area contributed by atoms with Crippen LogP contribution < -0.4 is 0 Å². The van der Waals surface area contributed by atoms with E-state index in [4.69, 9.17) is 14.2 Å². The number of allylic oxidation sites excluding steroid dienone is 2. The summed E-state index contributed by atoms with van der Waals surface area (Å²) < 4.78 is 17.7. The SMILES string of the molecule is CC/C=C\CC1C(CC(=O)OCCC(CCCCCCCCCCCCCCCCCC)OC(=O)CCCCCCC)CCC1OC(=O)CCCN(C)C. The molecule has 0 spiro atoms. The Morgan fingerprint density at radius 3 is 1.70 bits per heavy atom. The molecule has 0 bridgehead atoms. The summed E-state index contributed by atoms with van der Waals surface area (Å²) in [5.41, 5.74) is 0. The van der Waals surface area contributed by atoms with Crippen LogP contribution in [0.4, 0.5) is 0 Å². The van der Waals surface area contributed by atoms with E-state index in [0.29, 0.717) is 25.7 Å². The van der Waals surface area contributed by atoms with Crippen molar-refractivity contribution in [1.82, 2.24) is 4.90 Å². The maximum Gasteiger partial charge on any atom is 0.306 e. The van der Waals surface area contributed by atoms with E-state index in [1.54, 1.807) is 0 Å². The van der Waals surface area contributed by atoms with Gasteiger partial charge in [0.15, 0.2) is 0 Å². The van der Waals surface area contributed by atoms with Gasteiger partial charge in [0.1, 0.15) is 12.2 Å². The van der Waals surface area contributed by atoms with Crippen LogP contribution in [0.25, 0.3) is 0 Å². The summed E-state index contributed by atoms with van der Waals surface area (Å²) in [5.74, 6) is -0.203. The smallest absolute Gasteiger partial charge is 0.306 e. The second-order valence-corrected chi connectivity index (χ2v) is 16.6. The van der Waals surface area contributed by atoms with Crippen molar-refractivity contribution in [2.75, 3.05) is 27.2 Å². The van der Waals surface area contributed by atoms with Gasteiger partial charge in [-0.15, -0.1) is 0 Å². The maximum atomic E-state index is 13.1. The number of carbonyl (C=O) groups is 3. The van der Waals surface area contributed by atoms with Crippen LogP contribution in [0.15, 0.2) is 12.2 Å². The number of esters is 3. The lowest BCUT2D eigenvalue weighted by atomic mass is 9.88. The van der Waals surface area contributed by atoms with E-state index in [1.165, 1.54) is 109 Å². The van der Waals surface area contributed by atoms with Gasteiger partial charge in [-0.3, -0.25) is 14.4 Å². The third-order valence-electron chi connectivity index (χ3n) is 11.3. The quantitative estimate of drug-likeness (QED) is 0.0270. The Labute approximate surface area is 333 Å². The van der Waals surface area contributed by atoms with Crippen molar-refractivity contribution in [2.45, 2.75) is 232 Å². The lowest BCUT2D eigenvalue weighted by Gasteiger charge is -2.24. The fourth-order valence-corrected chi connectivity index (χ4v) is 7.92.